The molecule has 4 heteroatoms. The van der Waals surface area contributed by atoms with Crippen molar-refractivity contribution in [2.24, 2.45) is 5.73 Å². The maximum atomic E-state index is 11.1. The molecule has 16 heavy (non-hydrogen) atoms. The first-order valence-corrected chi connectivity index (χ1v) is 5.29. The summed E-state index contributed by atoms with van der Waals surface area (Å²) in [4.78, 5) is 11.1. The van der Waals surface area contributed by atoms with Crippen molar-refractivity contribution in [3.05, 3.63) is 23.8 Å². The molecule has 3 N–H and O–H groups in total. The summed E-state index contributed by atoms with van der Waals surface area (Å²) in [5.41, 5.74) is 7.16. The molecule has 1 rings (SSSR count). The Morgan fingerprint density at radius 1 is 1.56 bits per heavy atom. The van der Waals surface area contributed by atoms with Crippen LogP contribution in [0.2, 0.25) is 0 Å². The molecular weight excluding hydrogens is 204 g/mol. The Morgan fingerprint density at radius 3 is 2.69 bits per heavy atom. The molecule has 0 saturated carbocycles. The Kier molecular flexibility index (Phi) is 4.17. The number of carbonyl (C=O) groups excluding carboxylic acids is 1. The van der Waals surface area contributed by atoms with Crippen LogP contribution in [-0.2, 0) is 4.79 Å². The van der Waals surface area contributed by atoms with Crippen LogP contribution in [0.25, 0.3) is 0 Å². The number of hydrogen-bond donors (Lipinski definition) is 2. The lowest BCUT2D eigenvalue weighted by atomic mass is 10.1. The summed E-state index contributed by atoms with van der Waals surface area (Å²) in [6.07, 6.45) is 0.667. The van der Waals surface area contributed by atoms with Gasteiger partial charge in [0, 0.05) is 5.69 Å². The molecule has 0 aliphatic heterocycles. The number of nitrogens with one attached hydrogen (secondary N) is 1. The molecule has 0 fully saturated rings. The summed E-state index contributed by atoms with van der Waals surface area (Å²) in [5, 5.41) is 3.09. The van der Waals surface area contributed by atoms with Gasteiger partial charge in [0.15, 0.2) is 0 Å². The highest BCUT2D eigenvalue weighted by atomic mass is 16.5. The Balaban J connectivity index is 2.81. The molecule has 88 valence electrons. The van der Waals surface area contributed by atoms with Crippen molar-refractivity contribution >= 4 is 11.6 Å². The molecule has 1 unspecified atom stereocenters. The molecular formula is C12H18N2O2. The van der Waals surface area contributed by atoms with Crippen molar-refractivity contribution in [3.8, 4) is 5.75 Å². The highest BCUT2D eigenvalue weighted by Gasteiger charge is 2.12. The second-order valence-electron chi connectivity index (χ2n) is 3.69. The summed E-state index contributed by atoms with van der Waals surface area (Å²) < 4.78 is 5.16. The van der Waals surface area contributed by atoms with Crippen LogP contribution in [-0.4, -0.2) is 19.1 Å². The maximum Gasteiger partial charge on any atom is 0.239 e. The second kappa shape index (κ2) is 5.39. The highest BCUT2D eigenvalue weighted by Crippen LogP contribution is 2.22. The van der Waals surface area contributed by atoms with Crippen molar-refractivity contribution in [2.75, 3.05) is 12.4 Å². The Hall–Kier alpha value is -1.71. The van der Waals surface area contributed by atoms with Gasteiger partial charge in [-0.1, -0.05) is 6.92 Å². The summed E-state index contributed by atoms with van der Waals surface area (Å²) in [7, 11) is 1.63. The number of primary amides is 1. The molecule has 0 saturated heterocycles. The van der Waals surface area contributed by atoms with Crippen LogP contribution in [0.1, 0.15) is 18.9 Å². The normalized spacial score (nSPS) is 11.9. The van der Waals surface area contributed by atoms with Crippen molar-refractivity contribution in [2.45, 2.75) is 26.3 Å². The first-order chi connectivity index (χ1) is 7.58. The Morgan fingerprint density at radius 2 is 2.25 bits per heavy atom. The van der Waals surface area contributed by atoms with Crippen molar-refractivity contribution in [3.63, 3.8) is 0 Å². The topological polar surface area (TPSA) is 64.3 Å². The summed E-state index contributed by atoms with van der Waals surface area (Å²) in [6, 6.07) is 5.35. The van der Waals surface area contributed by atoms with E-state index in [9.17, 15) is 4.79 Å². The van der Waals surface area contributed by atoms with Gasteiger partial charge in [0.05, 0.1) is 7.11 Å². The van der Waals surface area contributed by atoms with Crippen LogP contribution >= 0.6 is 0 Å². The zero-order valence-electron chi connectivity index (χ0n) is 9.91. The lowest BCUT2D eigenvalue weighted by molar-refractivity contribution is -0.118. The van der Waals surface area contributed by atoms with Gasteiger partial charge in [-0.2, -0.15) is 0 Å². The van der Waals surface area contributed by atoms with E-state index in [1.165, 1.54) is 0 Å². The van der Waals surface area contributed by atoms with Gasteiger partial charge in [-0.15, -0.1) is 0 Å². The number of aryl methyl sites for hydroxylation is 1. The summed E-state index contributed by atoms with van der Waals surface area (Å²) in [5.74, 6) is 0.494. The minimum atomic E-state index is -0.337. The highest BCUT2D eigenvalue weighted by molar-refractivity contribution is 5.82. The van der Waals surface area contributed by atoms with Crippen LogP contribution in [0.4, 0.5) is 5.69 Å². The molecule has 1 atom stereocenters. The molecule has 0 aromatic heterocycles. The fraction of sp³-hybridized carbons (Fsp3) is 0.417. The first-order valence-electron chi connectivity index (χ1n) is 5.29. The fourth-order valence-corrected chi connectivity index (χ4v) is 1.54. The monoisotopic (exact) mass is 222 g/mol. The van der Waals surface area contributed by atoms with E-state index < -0.39 is 0 Å². The van der Waals surface area contributed by atoms with Crippen LogP contribution in [0.15, 0.2) is 18.2 Å². The van der Waals surface area contributed by atoms with Crippen molar-refractivity contribution < 1.29 is 9.53 Å². The third-order valence-corrected chi connectivity index (χ3v) is 2.49. The smallest absolute Gasteiger partial charge is 0.239 e. The zero-order valence-corrected chi connectivity index (χ0v) is 9.91. The molecule has 1 aromatic carbocycles. The third kappa shape index (κ3) is 2.89. The standard InChI is InChI=1S/C12H18N2O2/c1-4-10(12(13)15)14-9-5-6-11(16-3)8(2)7-9/h5-7,10,14H,4H2,1-3H3,(H2,13,15). The molecule has 1 aromatic rings. The number of carbonyl (C=O) groups is 1. The van der Waals surface area contributed by atoms with Gasteiger partial charge >= 0.3 is 0 Å². The molecule has 4 nitrogen and oxygen atoms in total. The van der Waals surface area contributed by atoms with E-state index in [0.29, 0.717) is 6.42 Å². The third-order valence-electron chi connectivity index (χ3n) is 2.49. The molecule has 0 aliphatic rings. The van der Waals surface area contributed by atoms with Crippen LogP contribution in [0.5, 0.6) is 5.75 Å². The van der Waals surface area contributed by atoms with Crippen LogP contribution < -0.4 is 15.8 Å². The van der Waals surface area contributed by atoms with E-state index in [0.717, 1.165) is 17.0 Å². The molecule has 1 amide bonds. The van der Waals surface area contributed by atoms with E-state index in [1.807, 2.05) is 32.0 Å². The number of amides is 1. The quantitative estimate of drug-likeness (QED) is 0.796. The molecule has 0 heterocycles. The zero-order chi connectivity index (χ0) is 12.1. The number of benzene rings is 1. The van der Waals surface area contributed by atoms with E-state index in [2.05, 4.69) is 5.32 Å². The molecule has 0 spiro atoms. The van der Waals surface area contributed by atoms with Gasteiger partial charge in [0.2, 0.25) is 5.91 Å². The molecule has 0 aliphatic carbocycles. The van der Waals surface area contributed by atoms with Gasteiger partial charge < -0.3 is 15.8 Å². The minimum absolute atomic E-state index is 0.326. The number of rotatable bonds is 5. The predicted molar refractivity (Wildman–Crippen MR) is 64.6 cm³/mol. The van der Waals surface area contributed by atoms with Gasteiger partial charge in [-0.3, -0.25) is 4.79 Å². The van der Waals surface area contributed by atoms with Gasteiger partial charge in [-0.05, 0) is 37.1 Å². The number of ether oxygens (including phenoxy) is 1. The minimum Gasteiger partial charge on any atom is -0.496 e. The molecule has 0 radical (unpaired) electrons. The van der Waals surface area contributed by atoms with Crippen molar-refractivity contribution in [1.29, 1.82) is 0 Å². The summed E-state index contributed by atoms with van der Waals surface area (Å²) >= 11 is 0. The number of hydrogen-bond acceptors (Lipinski definition) is 3. The van der Waals surface area contributed by atoms with Gasteiger partial charge in [0.25, 0.3) is 0 Å². The lowest BCUT2D eigenvalue weighted by Gasteiger charge is -2.15. The van der Waals surface area contributed by atoms with Crippen LogP contribution in [0.3, 0.4) is 0 Å². The van der Waals surface area contributed by atoms with E-state index in [1.54, 1.807) is 7.11 Å². The van der Waals surface area contributed by atoms with Crippen LogP contribution in [0, 0.1) is 6.92 Å². The lowest BCUT2D eigenvalue weighted by Crippen LogP contribution is -2.34. The largest absolute Gasteiger partial charge is 0.496 e. The molecule has 0 bridgehead atoms. The SMILES string of the molecule is CCC(Nc1ccc(OC)c(C)c1)C(N)=O. The maximum absolute atomic E-state index is 11.1. The summed E-state index contributed by atoms with van der Waals surface area (Å²) in [6.45, 7) is 3.87. The number of methoxy groups -OCH3 is 1. The average Bonchev–Trinajstić information content (AvgIpc) is 2.25. The second-order valence-corrected chi connectivity index (χ2v) is 3.69. The van der Waals surface area contributed by atoms with E-state index in [4.69, 9.17) is 10.5 Å². The Bertz CT molecular complexity index is 377. The fourth-order valence-electron chi connectivity index (χ4n) is 1.54. The number of anilines is 1. The number of nitrogens with two attached hydrogens (primary N) is 1. The van der Waals surface area contributed by atoms with E-state index >= 15 is 0 Å². The predicted octanol–water partition coefficient (Wildman–Crippen LogP) is 1.68. The van der Waals surface area contributed by atoms with Gasteiger partial charge in [-0.25, -0.2) is 0 Å². The Labute approximate surface area is 95.8 Å². The average molecular weight is 222 g/mol. The van der Waals surface area contributed by atoms with Crippen molar-refractivity contribution in [1.82, 2.24) is 0 Å². The van der Waals surface area contributed by atoms with Gasteiger partial charge in [0.1, 0.15) is 11.8 Å². The first kappa shape index (κ1) is 12.4. The van der Waals surface area contributed by atoms with E-state index in [-0.39, 0.29) is 11.9 Å².